The monoisotopic (exact) mass is 601 g/mol. The van der Waals surface area contributed by atoms with E-state index in [0.717, 1.165) is 62.0 Å². The molecule has 0 bridgehead atoms. The second-order valence-electron chi connectivity index (χ2n) is 11.7. The van der Waals surface area contributed by atoms with E-state index in [1.807, 2.05) is 31.3 Å². The molecule has 0 amide bonds. The van der Waals surface area contributed by atoms with Crippen molar-refractivity contribution in [3.63, 3.8) is 0 Å². The molecule has 0 aliphatic carbocycles. The van der Waals surface area contributed by atoms with Crippen molar-refractivity contribution in [3.8, 4) is 16.9 Å². The van der Waals surface area contributed by atoms with Crippen LogP contribution in [-0.4, -0.2) is 36.6 Å². The molecule has 0 saturated carbocycles. The molecule has 3 aromatic heterocycles. The SMILES string of the molecule is C[C@H](N)CCCc1cc(Cl)c(F)c(-c2cc3cn(-c4ccc([C@@H]5CCC[C@@H](CCc6ncc[nH]6)N5)cc4)c(=O)nc3[nH]2)c1. The van der Waals surface area contributed by atoms with Crippen molar-refractivity contribution in [2.24, 2.45) is 5.73 Å². The lowest BCUT2D eigenvalue weighted by Crippen LogP contribution is -2.37. The molecule has 0 unspecified atom stereocenters. The van der Waals surface area contributed by atoms with E-state index in [1.54, 1.807) is 24.5 Å². The zero-order chi connectivity index (χ0) is 29.9. The second kappa shape index (κ2) is 12.8. The molecule has 0 spiro atoms. The third kappa shape index (κ3) is 6.74. The number of imidazole rings is 1. The van der Waals surface area contributed by atoms with Gasteiger partial charge in [-0.05, 0) is 86.9 Å². The Balaban J connectivity index is 1.20. The summed E-state index contributed by atoms with van der Waals surface area (Å²) in [6.45, 7) is 1.97. The van der Waals surface area contributed by atoms with Crippen LogP contribution < -0.4 is 16.7 Å². The fraction of sp³-hybridized carbons (Fsp3) is 0.364. The number of H-pyrrole nitrogens is 2. The van der Waals surface area contributed by atoms with Gasteiger partial charge >= 0.3 is 5.69 Å². The number of aromatic amines is 2. The van der Waals surface area contributed by atoms with Crippen LogP contribution >= 0.6 is 11.6 Å². The third-order valence-electron chi connectivity index (χ3n) is 8.35. The Morgan fingerprint density at radius 2 is 2.00 bits per heavy atom. The molecule has 0 radical (unpaired) electrons. The van der Waals surface area contributed by atoms with Gasteiger partial charge < -0.3 is 21.0 Å². The van der Waals surface area contributed by atoms with Crippen LogP contribution in [0.2, 0.25) is 5.02 Å². The van der Waals surface area contributed by atoms with E-state index >= 15 is 4.39 Å². The number of aromatic nitrogens is 5. The molecule has 1 aliphatic heterocycles. The summed E-state index contributed by atoms with van der Waals surface area (Å²) in [5.74, 6) is 0.517. The number of piperidine rings is 1. The van der Waals surface area contributed by atoms with Gasteiger partial charge in [0.1, 0.15) is 11.5 Å². The average molecular weight is 602 g/mol. The predicted molar refractivity (Wildman–Crippen MR) is 169 cm³/mol. The van der Waals surface area contributed by atoms with E-state index in [9.17, 15) is 4.79 Å². The minimum Gasteiger partial charge on any atom is -0.349 e. The van der Waals surface area contributed by atoms with Crippen molar-refractivity contribution in [2.45, 2.75) is 76.4 Å². The van der Waals surface area contributed by atoms with Gasteiger partial charge in [0.15, 0.2) is 5.82 Å². The Morgan fingerprint density at radius 1 is 1.16 bits per heavy atom. The summed E-state index contributed by atoms with van der Waals surface area (Å²) in [5.41, 5.74) is 9.60. The van der Waals surface area contributed by atoms with Crippen LogP contribution in [0.3, 0.4) is 0 Å². The summed E-state index contributed by atoms with van der Waals surface area (Å²) in [7, 11) is 0. The van der Waals surface area contributed by atoms with E-state index in [1.165, 1.54) is 16.6 Å². The zero-order valence-corrected chi connectivity index (χ0v) is 25.0. The van der Waals surface area contributed by atoms with Crippen molar-refractivity contribution < 1.29 is 4.39 Å². The molecule has 43 heavy (non-hydrogen) atoms. The molecular weight excluding hydrogens is 565 g/mol. The number of hydrogen-bond acceptors (Lipinski definition) is 5. The van der Waals surface area contributed by atoms with Gasteiger partial charge in [-0.2, -0.15) is 4.98 Å². The second-order valence-corrected chi connectivity index (χ2v) is 12.1. The molecule has 4 heterocycles. The largest absolute Gasteiger partial charge is 0.354 e. The van der Waals surface area contributed by atoms with Gasteiger partial charge in [0.2, 0.25) is 0 Å². The summed E-state index contributed by atoms with van der Waals surface area (Å²) in [5, 5.41) is 4.57. The van der Waals surface area contributed by atoms with Gasteiger partial charge in [0, 0.05) is 54.1 Å². The number of nitrogens with two attached hydrogens (primary N) is 1. The molecule has 6 rings (SSSR count). The fourth-order valence-electron chi connectivity index (χ4n) is 6.06. The topological polar surface area (TPSA) is 117 Å². The lowest BCUT2D eigenvalue weighted by Gasteiger charge is -2.31. The van der Waals surface area contributed by atoms with Gasteiger partial charge in [-0.3, -0.25) is 4.57 Å². The van der Waals surface area contributed by atoms with E-state index in [0.29, 0.717) is 28.3 Å². The van der Waals surface area contributed by atoms with Gasteiger partial charge in [-0.25, -0.2) is 14.2 Å². The Hall–Kier alpha value is -3.79. The van der Waals surface area contributed by atoms with Gasteiger partial charge in [0.25, 0.3) is 0 Å². The lowest BCUT2D eigenvalue weighted by atomic mass is 9.91. The molecule has 1 saturated heterocycles. The third-order valence-corrected chi connectivity index (χ3v) is 8.63. The number of benzene rings is 2. The highest BCUT2D eigenvalue weighted by Gasteiger charge is 2.22. The van der Waals surface area contributed by atoms with E-state index < -0.39 is 11.5 Å². The molecule has 1 fully saturated rings. The van der Waals surface area contributed by atoms with Crippen molar-refractivity contribution in [1.82, 2.24) is 29.8 Å². The fourth-order valence-corrected chi connectivity index (χ4v) is 6.30. The number of hydrogen-bond donors (Lipinski definition) is 4. The van der Waals surface area contributed by atoms with Crippen molar-refractivity contribution >= 4 is 22.6 Å². The van der Waals surface area contributed by atoms with Crippen LogP contribution in [0.5, 0.6) is 0 Å². The molecule has 5 aromatic rings. The quantitative estimate of drug-likeness (QED) is 0.148. The van der Waals surface area contributed by atoms with Crippen LogP contribution in [0.4, 0.5) is 4.39 Å². The Bertz CT molecular complexity index is 1740. The average Bonchev–Trinajstić information content (AvgIpc) is 3.67. The number of fused-ring (bicyclic) bond motifs is 1. The van der Waals surface area contributed by atoms with Crippen molar-refractivity contribution in [3.05, 3.63) is 99.3 Å². The summed E-state index contributed by atoms with van der Waals surface area (Å²) in [6.07, 6.45) is 13.3. The first-order valence-corrected chi connectivity index (χ1v) is 15.4. The molecule has 8 nitrogen and oxygen atoms in total. The van der Waals surface area contributed by atoms with Gasteiger partial charge in [-0.15, -0.1) is 0 Å². The number of nitrogens with zero attached hydrogens (tertiary/aromatic N) is 3. The molecule has 5 N–H and O–H groups in total. The first kappa shape index (κ1) is 29.3. The maximum absolute atomic E-state index is 15.1. The van der Waals surface area contributed by atoms with Crippen molar-refractivity contribution in [2.75, 3.05) is 0 Å². The minimum absolute atomic E-state index is 0.0656. The van der Waals surface area contributed by atoms with Gasteiger partial charge in [-0.1, -0.05) is 30.2 Å². The molecule has 224 valence electrons. The van der Waals surface area contributed by atoms with Gasteiger partial charge in [0.05, 0.1) is 16.4 Å². The number of nitrogens with one attached hydrogen (secondary N) is 3. The van der Waals surface area contributed by atoms with E-state index in [-0.39, 0.29) is 17.1 Å². The predicted octanol–water partition coefficient (Wildman–Crippen LogP) is 6.38. The summed E-state index contributed by atoms with van der Waals surface area (Å²) in [4.78, 5) is 27.9. The highest BCUT2D eigenvalue weighted by molar-refractivity contribution is 6.31. The summed E-state index contributed by atoms with van der Waals surface area (Å²) < 4.78 is 16.6. The van der Waals surface area contributed by atoms with E-state index in [2.05, 4.69) is 37.4 Å². The van der Waals surface area contributed by atoms with Crippen LogP contribution in [-0.2, 0) is 12.8 Å². The highest BCUT2D eigenvalue weighted by atomic mass is 35.5. The molecule has 1 aliphatic rings. The molecule has 2 aromatic carbocycles. The molecule has 10 heteroatoms. The van der Waals surface area contributed by atoms with E-state index in [4.69, 9.17) is 17.3 Å². The minimum atomic E-state index is -0.505. The lowest BCUT2D eigenvalue weighted by molar-refractivity contribution is 0.311. The van der Waals surface area contributed by atoms with Crippen LogP contribution in [0, 0.1) is 5.82 Å². The number of rotatable bonds is 10. The summed E-state index contributed by atoms with van der Waals surface area (Å²) in [6, 6.07) is 14.2. The standard InChI is InChI=1S/C33H37ClFN7O/c1-20(36)4-2-5-21-16-26(31(35)27(34)17-21)29-18-23-19-42(33(43)41-32(23)40-29)25-11-8-22(9-12-25)28-7-3-6-24(39-28)10-13-30-37-14-15-38-30/h8-9,11-12,14-20,24,28,39H,2-7,10,13,36H2,1H3,(H,37,38)(H,40,41,43)/t20-,24-,28-/m0/s1. The van der Waals surface area contributed by atoms with Crippen LogP contribution in [0.15, 0.2) is 65.8 Å². The first-order chi connectivity index (χ1) is 20.8. The summed E-state index contributed by atoms with van der Waals surface area (Å²) >= 11 is 6.26. The molecule has 3 atom stereocenters. The number of halogens is 2. The maximum atomic E-state index is 15.1. The Kier molecular flexibility index (Phi) is 8.74. The normalized spacial score (nSPS) is 17.9. The smallest absolute Gasteiger partial charge is 0.349 e. The number of aryl methyl sites for hydroxylation is 2. The highest BCUT2D eigenvalue weighted by Crippen LogP contribution is 2.32. The zero-order valence-electron chi connectivity index (χ0n) is 24.2. The molecular formula is C33H37ClFN7O. The first-order valence-electron chi connectivity index (χ1n) is 15.0. The Labute approximate surface area is 254 Å². The maximum Gasteiger partial charge on any atom is 0.354 e. The Morgan fingerprint density at radius 3 is 2.77 bits per heavy atom. The van der Waals surface area contributed by atoms with Crippen LogP contribution in [0.25, 0.3) is 28.0 Å². The van der Waals surface area contributed by atoms with Crippen molar-refractivity contribution in [1.29, 1.82) is 0 Å². The van der Waals surface area contributed by atoms with Crippen LogP contribution in [0.1, 0.15) is 68.4 Å².